The van der Waals surface area contributed by atoms with Crippen LogP contribution >= 0.6 is 0 Å². The topological polar surface area (TPSA) is 17.1 Å². The molecule has 0 unspecified atom stereocenters. The van der Waals surface area contributed by atoms with Crippen molar-refractivity contribution in [2.45, 2.75) is 11.1 Å². The fourth-order valence-electron chi connectivity index (χ4n) is 1.80. The number of rotatable bonds is 3. The molecule has 2 aromatic rings. The van der Waals surface area contributed by atoms with Gasteiger partial charge in [0.1, 0.15) is 0 Å². The summed E-state index contributed by atoms with van der Waals surface area (Å²) in [6.07, 6.45) is 0. The third kappa shape index (κ3) is 2.01. The third-order valence-electron chi connectivity index (χ3n) is 2.85. The van der Waals surface area contributed by atoms with Gasteiger partial charge in [0.25, 0.3) is 0 Å². The first-order valence-corrected chi connectivity index (χ1v) is 6.93. The Morgan fingerprint density at radius 3 is 1.50 bits per heavy atom. The van der Waals surface area contributed by atoms with Crippen molar-refractivity contribution in [3.05, 3.63) is 71.8 Å². The van der Waals surface area contributed by atoms with Gasteiger partial charge < -0.3 is 0 Å². The Hall–Kier alpha value is -1.20. The first kappa shape index (κ1) is 11.3. The van der Waals surface area contributed by atoms with Crippen molar-refractivity contribution in [2.75, 3.05) is 0 Å². The molecule has 80 valence electrons. The summed E-state index contributed by atoms with van der Waals surface area (Å²) >= 11 is -1.000. The summed E-state index contributed by atoms with van der Waals surface area (Å²) in [6, 6.07) is 20.1. The van der Waals surface area contributed by atoms with Crippen molar-refractivity contribution < 1.29 is 3.74 Å². The van der Waals surface area contributed by atoms with E-state index in [0.29, 0.717) is 0 Å². The van der Waals surface area contributed by atoms with Gasteiger partial charge in [-0.15, -0.1) is 0 Å². The Bertz CT molecular complexity index is 425. The van der Waals surface area contributed by atoms with E-state index in [1.807, 2.05) is 67.6 Å². The molecule has 0 saturated heterocycles. The molecular weight excluding hydrogens is 259 g/mol. The van der Waals surface area contributed by atoms with E-state index in [-0.39, 0.29) is 4.20 Å². The monoisotopic (exact) mass is 272 g/mol. The van der Waals surface area contributed by atoms with Gasteiger partial charge in [0.2, 0.25) is 0 Å². The quantitative estimate of drug-likeness (QED) is 0.785. The maximum atomic E-state index is 11.6. The van der Waals surface area contributed by atoms with Gasteiger partial charge in [-0.05, 0) is 0 Å². The van der Waals surface area contributed by atoms with Gasteiger partial charge in [0.15, 0.2) is 0 Å². The number of hydrogen-bond donors (Lipinski definition) is 0. The number of hydrogen-bond acceptors (Lipinski definition) is 1. The van der Waals surface area contributed by atoms with Crippen LogP contribution in [-0.2, 0) is 7.94 Å². The van der Waals surface area contributed by atoms with Crippen molar-refractivity contribution in [1.82, 2.24) is 0 Å². The molecule has 0 amide bonds. The van der Waals surface area contributed by atoms with Crippen LogP contribution in [0.3, 0.4) is 0 Å². The molecular formula is C14H13AsO. The second kappa shape index (κ2) is 4.76. The van der Waals surface area contributed by atoms with E-state index in [0.717, 1.165) is 11.1 Å². The summed E-state index contributed by atoms with van der Waals surface area (Å²) in [5.74, 6) is 0. The van der Waals surface area contributed by atoms with Crippen LogP contribution < -0.4 is 0 Å². The molecule has 0 saturated carbocycles. The molecule has 2 heteroatoms. The van der Waals surface area contributed by atoms with Crippen LogP contribution in [0.25, 0.3) is 0 Å². The Balaban J connectivity index is 2.53. The van der Waals surface area contributed by atoms with Crippen LogP contribution in [0.5, 0.6) is 0 Å². The van der Waals surface area contributed by atoms with Crippen molar-refractivity contribution in [1.29, 1.82) is 0 Å². The first-order valence-electron chi connectivity index (χ1n) is 5.23. The molecule has 0 fully saturated rings. The van der Waals surface area contributed by atoms with Crippen LogP contribution in [0, 0.1) is 0 Å². The standard InChI is InChI=1S/C14H13AsO/c1-14(15-16,12-8-4-2-5-9-12)13-10-6-3-7-11-13/h2-11H,1H3. The van der Waals surface area contributed by atoms with E-state index in [2.05, 4.69) is 0 Å². The first-order chi connectivity index (χ1) is 7.77. The van der Waals surface area contributed by atoms with Gasteiger partial charge in [-0.1, -0.05) is 0 Å². The van der Waals surface area contributed by atoms with Gasteiger partial charge >= 0.3 is 102 Å². The zero-order valence-electron chi connectivity index (χ0n) is 9.13. The minimum atomic E-state index is -1.000. The normalized spacial score (nSPS) is 11.6. The summed E-state index contributed by atoms with van der Waals surface area (Å²) in [7, 11) is 0. The zero-order valence-corrected chi connectivity index (χ0v) is 11.0. The molecule has 1 nitrogen and oxygen atoms in total. The van der Waals surface area contributed by atoms with E-state index in [4.69, 9.17) is 0 Å². The summed E-state index contributed by atoms with van der Waals surface area (Å²) < 4.78 is 11.3. The van der Waals surface area contributed by atoms with Crippen LogP contribution in [0.4, 0.5) is 0 Å². The second-order valence-corrected chi connectivity index (χ2v) is 6.16. The van der Waals surface area contributed by atoms with E-state index in [9.17, 15) is 3.74 Å². The van der Waals surface area contributed by atoms with E-state index in [1.165, 1.54) is 0 Å². The predicted octanol–water partition coefficient (Wildman–Crippen LogP) is 3.00. The van der Waals surface area contributed by atoms with E-state index in [1.54, 1.807) is 0 Å². The van der Waals surface area contributed by atoms with Gasteiger partial charge in [-0.2, -0.15) is 0 Å². The maximum absolute atomic E-state index is 11.6. The molecule has 0 atom stereocenters. The fraction of sp³-hybridized carbons (Fsp3) is 0.143. The summed E-state index contributed by atoms with van der Waals surface area (Å²) in [4.78, 5) is 0. The van der Waals surface area contributed by atoms with Crippen LogP contribution in [0.1, 0.15) is 18.1 Å². The van der Waals surface area contributed by atoms with Gasteiger partial charge in [-0.3, -0.25) is 0 Å². The van der Waals surface area contributed by atoms with Crippen molar-refractivity contribution in [2.24, 2.45) is 0 Å². The third-order valence-corrected chi connectivity index (χ3v) is 4.70. The van der Waals surface area contributed by atoms with Crippen LogP contribution in [0.15, 0.2) is 60.7 Å². The van der Waals surface area contributed by atoms with Crippen LogP contribution in [0.2, 0.25) is 0 Å². The van der Waals surface area contributed by atoms with Crippen molar-refractivity contribution in [3.8, 4) is 0 Å². The molecule has 16 heavy (non-hydrogen) atoms. The van der Waals surface area contributed by atoms with Crippen molar-refractivity contribution in [3.63, 3.8) is 0 Å². The van der Waals surface area contributed by atoms with Crippen LogP contribution in [-0.4, -0.2) is 15.7 Å². The summed E-state index contributed by atoms with van der Waals surface area (Å²) in [5, 5.41) is 0. The van der Waals surface area contributed by atoms with E-state index < -0.39 is 15.7 Å². The number of benzene rings is 2. The average molecular weight is 272 g/mol. The molecule has 2 rings (SSSR count). The molecule has 2 aromatic carbocycles. The Morgan fingerprint density at radius 1 is 0.812 bits per heavy atom. The molecule has 0 aliphatic rings. The minimum absolute atomic E-state index is 0.334. The molecule has 0 aromatic heterocycles. The molecule has 0 aliphatic heterocycles. The fourth-order valence-corrected chi connectivity index (χ4v) is 2.87. The average Bonchev–Trinajstić information content (AvgIpc) is 2.40. The second-order valence-electron chi connectivity index (χ2n) is 3.90. The summed E-state index contributed by atoms with van der Waals surface area (Å²) in [5.41, 5.74) is 2.24. The summed E-state index contributed by atoms with van der Waals surface area (Å²) in [6.45, 7) is 2.05. The molecule has 0 heterocycles. The molecule has 0 aliphatic carbocycles. The van der Waals surface area contributed by atoms with Gasteiger partial charge in [0.05, 0.1) is 0 Å². The zero-order chi connectivity index (χ0) is 11.4. The van der Waals surface area contributed by atoms with E-state index >= 15 is 0 Å². The SMILES string of the molecule is CC([As]=O)(c1ccccc1)c1ccccc1. The Labute approximate surface area is 102 Å². The predicted molar refractivity (Wildman–Crippen MR) is 65.8 cm³/mol. The van der Waals surface area contributed by atoms with Gasteiger partial charge in [0, 0.05) is 0 Å². The molecule has 0 N–H and O–H groups in total. The Kier molecular flexibility index (Phi) is 3.36. The molecule has 0 bridgehead atoms. The van der Waals surface area contributed by atoms with Gasteiger partial charge in [-0.25, -0.2) is 0 Å². The van der Waals surface area contributed by atoms with Crippen molar-refractivity contribution >= 4 is 15.7 Å². The molecule has 0 radical (unpaired) electrons. The molecule has 0 spiro atoms. The Morgan fingerprint density at radius 2 is 1.19 bits per heavy atom.